The summed E-state index contributed by atoms with van der Waals surface area (Å²) in [7, 11) is 1.97. The van der Waals surface area contributed by atoms with Crippen molar-refractivity contribution < 1.29 is 4.79 Å². The topological polar surface area (TPSA) is 39.8 Å². The zero-order valence-corrected chi connectivity index (χ0v) is 11.5. The van der Waals surface area contributed by atoms with Crippen molar-refractivity contribution in [2.75, 3.05) is 0 Å². The molecule has 4 nitrogen and oxygen atoms in total. The molecule has 2 aromatic heterocycles. The molecule has 0 radical (unpaired) electrons. The summed E-state index contributed by atoms with van der Waals surface area (Å²) in [5, 5.41) is 4.44. The fourth-order valence-electron chi connectivity index (χ4n) is 2.35. The quantitative estimate of drug-likeness (QED) is 0.772. The Balaban J connectivity index is 1.75. The molecule has 0 amide bonds. The minimum Gasteiger partial charge on any atom is -0.348 e. The van der Waals surface area contributed by atoms with E-state index in [-0.39, 0.29) is 0 Å². The van der Waals surface area contributed by atoms with Gasteiger partial charge in [0.1, 0.15) is 0 Å². The number of carbonyl (C=O) groups excluding carboxylic acids is 1. The van der Waals surface area contributed by atoms with Gasteiger partial charge in [0.15, 0.2) is 5.78 Å². The standard InChI is InChI=1S/C15H19N3O/c1-3-13-8-14(17(2)16-13)10-18-7-6-12(9-18)15(19)11-4-5-11/h6-9,11H,3-5,10H2,1-2H3. The van der Waals surface area contributed by atoms with Crippen molar-refractivity contribution in [1.29, 1.82) is 0 Å². The van der Waals surface area contributed by atoms with E-state index >= 15 is 0 Å². The minimum atomic E-state index is 0.291. The van der Waals surface area contributed by atoms with E-state index in [9.17, 15) is 4.79 Å². The van der Waals surface area contributed by atoms with Crippen molar-refractivity contribution >= 4 is 5.78 Å². The highest BCUT2D eigenvalue weighted by Gasteiger charge is 2.30. The third-order valence-electron chi connectivity index (χ3n) is 3.72. The van der Waals surface area contributed by atoms with E-state index in [1.807, 2.05) is 30.2 Å². The van der Waals surface area contributed by atoms with Gasteiger partial charge in [0.25, 0.3) is 0 Å². The average Bonchev–Trinajstić information content (AvgIpc) is 3.06. The van der Waals surface area contributed by atoms with Crippen LogP contribution in [0.5, 0.6) is 0 Å². The van der Waals surface area contributed by atoms with Crippen LogP contribution in [0.2, 0.25) is 0 Å². The lowest BCUT2D eigenvalue weighted by atomic mass is 10.1. The van der Waals surface area contributed by atoms with Gasteiger partial charge in [-0.05, 0) is 31.4 Å². The summed E-state index contributed by atoms with van der Waals surface area (Å²) in [4.78, 5) is 12.0. The smallest absolute Gasteiger partial charge is 0.167 e. The maximum Gasteiger partial charge on any atom is 0.167 e. The van der Waals surface area contributed by atoms with E-state index in [1.54, 1.807) is 0 Å². The number of carbonyl (C=O) groups is 1. The molecule has 0 atom stereocenters. The van der Waals surface area contributed by atoms with Crippen LogP contribution >= 0.6 is 0 Å². The second kappa shape index (κ2) is 4.68. The van der Waals surface area contributed by atoms with E-state index in [1.165, 1.54) is 0 Å². The largest absolute Gasteiger partial charge is 0.348 e. The Kier molecular flexibility index (Phi) is 3.01. The Morgan fingerprint density at radius 1 is 1.47 bits per heavy atom. The van der Waals surface area contributed by atoms with E-state index < -0.39 is 0 Å². The zero-order chi connectivity index (χ0) is 13.4. The highest BCUT2D eigenvalue weighted by Crippen LogP contribution is 2.32. The van der Waals surface area contributed by atoms with Crippen LogP contribution < -0.4 is 0 Å². The summed E-state index contributed by atoms with van der Waals surface area (Å²) in [6.07, 6.45) is 7.01. The first kappa shape index (κ1) is 12.2. The predicted octanol–water partition coefficient (Wildman–Crippen LogP) is 2.43. The van der Waals surface area contributed by atoms with Crippen LogP contribution in [-0.2, 0) is 20.0 Å². The molecule has 0 N–H and O–H groups in total. The highest BCUT2D eigenvalue weighted by molar-refractivity contribution is 5.99. The normalized spacial score (nSPS) is 14.8. The first-order valence-electron chi connectivity index (χ1n) is 6.89. The van der Waals surface area contributed by atoms with E-state index in [0.29, 0.717) is 11.7 Å². The molecule has 2 aromatic rings. The number of Topliss-reactive ketones (excluding diaryl/α,β-unsaturated/α-hetero) is 1. The van der Waals surface area contributed by atoms with Gasteiger partial charge in [0, 0.05) is 30.9 Å². The fourth-order valence-corrected chi connectivity index (χ4v) is 2.35. The second-order valence-electron chi connectivity index (χ2n) is 5.32. The van der Waals surface area contributed by atoms with Crippen LogP contribution in [-0.4, -0.2) is 20.1 Å². The van der Waals surface area contributed by atoms with E-state index in [0.717, 1.165) is 42.8 Å². The zero-order valence-electron chi connectivity index (χ0n) is 11.5. The highest BCUT2D eigenvalue weighted by atomic mass is 16.1. The van der Waals surface area contributed by atoms with Crippen molar-refractivity contribution in [3.8, 4) is 0 Å². The van der Waals surface area contributed by atoms with Crippen molar-refractivity contribution in [3.63, 3.8) is 0 Å². The molecule has 2 heterocycles. The first-order chi connectivity index (χ1) is 9.17. The van der Waals surface area contributed by atoms with E-state index in [2.05, 4.69) is 22.7 Å². The van der Waals surface area contributed by atoms with Gasteiger partial charge in [-0.25, -0.2) is 0 Å². The third-order valence-corrected chi connectivity index (χ3v) is 3.72. The molecule has 3 rings (SSSR count). The van der Waals surface area contributed by atoms with Crippen LogP contribution in [0.25, 0.3) is 0 Å². The molecule has 19 heavy (non-hydrogen) atoms. The summed E-state index contributed by atoms with van der Waals surface area (Å²) in [6.45, 7) is 2.87. The number of hydrogen-bond donors (Lipinski definition) is 0. The maximum atomic E-state index is 12.0. The third kappa shape index (κ3) is 2.48. The molecule has 1 fully saturated rings. The summed E-state index contributed by atoms with van der Waals surface area (Å²) < 4.78 is 3.98. The molecule has 1 saturated carbocycles. The summed E-state index contributed by atoms with van der Waals surface area (Å²) in [5.41, 5.74) is 3.12. The lowest BCUT2D eigenvalue weighted by Gasteiger charge is -2.02. The van der Waals surface area contributed by atoms with Crippen LogP contribution in [0.1, 0.15) is 41.5 Å². The average molecular weight is 257 g/mol. The van der Waals surface area contributed by atoms with Gasteiger partial charge in [-0.15, -0.1) is 0 Å². The van der Waals surface area contributed by atoms with E-state index in [4.69, 9.17) is 0 Å². The molecule has 100 valence electrons. The number of aryl methyl sites for hydroxylation is 2. The van der Waals surface area contributed by atoms with Crippen molar-refractivity contribution in [3.05, 3.63) is 41.5 Å². The number of hydrogen-bond acceptors (Lipinski definition) is 2. The molecule has 0 unspecified atom stereocenters. The molecule has 1 aliphatic carbocycles. The van der Waals surface area contributed by atoms with Crippen molar-refractivity contribution in [2.45, 2.75) is 32.7 Å². The van der Waals surface area contributed by atoms with Gasteiger partial charge in [-0.2, -0.15) is 5.10 Å². The van der Waals surface area contributed by atoms with Gasteiger partial charge in [-0.1, -0.05) is 6.92 Å². The van der Waals surface area contributed by atoms with Gasteiger partial charge < -0.3 is 4.57 Å². The molecule has 0 aromatic carbocycles. The number of nitrogens with zero attached hydrogens (tertiary/aromatic N) is 3. The van der Waals surface area contributed by atoms with Crippen LogP contribution in [0.15, 0.2) is 24.5 Å². The Morgan fingerprint density at radius 2 is 2.26 bits per heavy atom. The number of ketones is 1. The van der Waals surface area contributed by atoms with Crippen molar-refractivity contribution in [1.82, 2.24) is 14.3 Å². The van der Waals surface area contributed by atoms with Crippen LogP contribution in [0.3, 0.4) is 0 Å². The lowest BCUT2D eigenvalue weighted by molar-refractivity contribution is 0.0967. The predicted molar refractivity (Wildman–Crippen MR) is 73.2 cm³/mol. The molecule has 1 aliphatic rings. The number of rotatable bonds is 5. The summed E-state index contributed by atoms with van der Waals surface area (Å²) in [5.74, 6) is 0.595. The fraction of sp³-hybridized carbons (Fsp3) is 0.467. The van der Waals surface area contributed by atoms with Crippen molar-refractivity contribution in [2.24, 2.45) is 13.0 Å². The molecule has 0 aliphatic heterocycles. The Labute approximate surface area is 113 Å². The Bertz CT molecular complexity index is 605. The second-order valence-corrected chi connectivity index (χ2v) is 5.32. The monoisotopic (exact) mass is 257 g/mol. The lowest BCUT2D eigenvalue weighted by Crippen LogP contribution is -2.04. The minimum absolute atomic E-state index is 0.291. The summed E-state index contributed by atoms with van der Waals surface area (Å²) in [6, 6.07) is 4.06. The number of aromatic nitrogens is 3. The molecular weight excluding hydrogens is 238 g/mol. The summed E-state index contributed by atoms with van der Waals surface area (Å²) >= 11 is 0. The molecule has 0 saturated heterocycles. The molecule has 0 bridgehead atoms. The molecule has 0 spiro atoms. The Morgan fingerprint density at radius 3 is 2.89 bits per heavy atom. The molecule has 4 heteroatoms. The maximum absolute atomic E-state index is 12.0. The SMILES string of the molecule is CCc1cc(Cn2ccc(C(=O)C3CC3)c2)n(C)n1. The van der Waals surface area contributed by atoms with Gasteiger partial charge in [0.2, 0.25) is 0 Å². The molecular formula is C15H19N3O. The van der Waals surface area contributed by atoms with Crippen LogP contribution in [0.4, 0.5) is 0 Å². The van der Waals surface area contributed by atoms with Crippen LogP contribution in [0, 0.1) is 5.92 Å². The van der Waals surface area contributed by atoms with Gasteiger partial charge in [0.05, 0.1) is 17.9 Å². The van der Waals surface area contributed by atoms with Gasteiger partial charge in [-0.3, -0.25) is 9.48 Å². The first-order valence-corrected chi connectivity index (χ1v) is 6.89. The Hall–Kier alpha value is -1.84. The van der Waals surface area contributed by atoms with Gasteiger partial charge >= 0.3 is 0 Å².